The number of hydrogen-bond acceptors (Lipinski definition) is 3. The van der Waals surface area contributed by atoms with Crippen molar-refractivity contribution in [2.45, 2.75) is 132 Å². The lowest BCUT2D eigenvalue weighted by molar-refractivity contribution is -0.254. The van der Waals surface area contributed by atoms with Crippen LogP contribution in [-0.2, 0) is 14.3 Å². The van der Waals surface area contributed by atoms with Crippen LogP contribution in [-0.4, -0.2) is 24.8 Å². The van der Waals surface area contributed by atoms with Gasteiger partial charge < -0.3 is 9.47 Å². The zero-order valence-electron chi connectivity index (χ0n) is 24.0. The summed E-state index contributed by atoms with van der Waals surface area (Å²) in [5, 5.41) is 0. The van der Waals surface area contributed by atoms with E-state index in [9.17, 15) is 4.79 Å². The average Bonchev–Trinajstić information content (AvgIpc) is 3.10. The third kappa shape index (κ3) is 2.97. The van der Waals surface area contributed by atoms with E-state index in [1.165, 1.54) is 57.8 Å². The Bertz CT molecular complexity index is 906. The number of carbonyl (C=O) groups excluding carboxylic acids is 1. The van der Waals surface area contributed by atoms with Crippen LogP contribution in [0.4, 0.5) is 0 Å². The molecule has 0 aromatic heterocycles. The molecule has 2 bridgehead atoms. The maximum Gasteiger partial charge on any atom is 0.302 e. The van der Waals surface area contributed by atoms with Crippen molar-refractivity contribution in [3.05, 3.63) is 0 Å². The third-order valence-electron chi connectivity index (χ3n) is 14.4. The summed E-state index contributed by atoms with van der Waals surface area (Å²) in [6.45, 7) is 20.5. The summed E-state index contributed by atoms with van der Waals surface area (Å²) in [5.74, 6) is 2.88. The van der Waals surface area contributed by atoms with Gasteiger partial charge in [-0.2, -0.15) is 0 Å². The Hall–Kier alpha value is -0.570. The van der Waals surface area contributed by atoms with E-state index in [0.29, 0.717) is 39.1 Å². The van der Waals surface area contributed by atoms with Crippen molar-refractivity contribution in [1.29, 1.82) is 0 Å². The van der Waals surface area contributed by atoms with Gasteiger partial charge in [-0.25, -0.2) is 0 Å². The van der Waals surface area contributed by atoms with E-state index in [1.807, 2.05) is 0 Å². The van der Waals surface area contributed by atoms with Gasteiger partial charge in [-0.1, -0.05) is 48.5 Å². The van der Waals surface area contributed by atoms with Gasteiger partial charge in [-0.3, -0.25) is 4.79 Å². The van der Waals surface area contributed by atoms with E-state index in [0.717, 1.165) is 30.8 Å². The normalized spacial score (nSPS) is 55.7. The van der Waals surface area contributed by atoms with Gasteiger partial charge in [0.25, 0.3) is 0 Å². The summed E-state index contributed by atoms with van der Waals surface area (Å²) in [7, 11) is 0. The highest BCUT2D eigenvalue weighted by Gasteiger charge is 2.72. The number of esters is 1. The Morgan fingerprint density at radius 2 is 1.49 bits per heavy atom. The lowest BCUT2D eigenvalue weighted by atomic mass is 9.31. The van der Waals surface area contributed by atoms with E-state index in [1.54, 1.807) is 6.92 Å². The topological polar surface area (TPSA) is 35.5 Å². The molecule has 0 aromatic rings. The van der Waals surface area contributed by atoms with Crippen molar-refractivity contribution >= 4 is 5.97 Å². The molecule has 0 N–H and O–H groups in total. The van der Waals surface area contributed by atoms with Crippen molar-refractivity contribution in [3.8, 4) is 0 Å². The Morgan fingerprint density at radius 3 is 2.20 bits per heavy atom. The molecule has 5 saturated carbocycles. The van der Waals surface area contributed by atoms with Crippen molar-refractivity contribution in [2.75, 3.05) is 6.61 Å². The van der Waals surface area contributed by atoms with Gasteiger partial charge in [-0.15, -0.1) is 0 Å². The summed E-state index contributed by atoms with van der Waals surface area (Å²) >= 11 is 0. The van der Waals surface area contributed by atoms with Gasteiger partial charge in [0, 0.05) is 12.3 Å². The fourth-order valence-electron chi connectivity index (χ4n) is 12.4. The number of hydrogen-bond donors (Lipinski definition) is 0. The minimum atomic E-state index is -0.108. The van der Waals surface area contributed by atoms with Gasteiger partial charge >= 0.3 is 5.97 Å². The van der Waals surface area contributed by atoms with Gasteiger partial charge in [0.2, 0.25) is 0 Å². The maximum absolute atomic E-state index is 11.9. The van der Waals surface area contributed by atoms with Crippen LogP contribution in [0.25, 0.3) is 0 Å². The molecule has 6 rings (SSSR count). The third-order valence-corrected chi connectivity index (χ3v) is 14.4. The lowest BCUT2D eigenvalue weighted by Gasteiger charge is -2.73. The van der Waals surface area contributed by atoms with Gasteiger partial charge in [-0.05, 0) is 115 Å². The predicted octanol–water partition coefficient (Wildman–Crippen LogP) is 7.81. The number of fused-ring (bicyclic) bond motifs is 5. The second kappa shape index (κ2) is 7.29. The summed E-state index contributed by atoms with van der Waals surface area (Å²) in [6, 6.07) is 0. The highest BCUT2D eigenvalue weighted by atomic mass is 16.5. The first-order valence-corrected chi connectivity index (χ1v) is 15.0. The minimum Gasteiger partial charge on any atom is -0.462 e. The molecule has 6 fully saturated rings. The second-order valence-corrected chi connectivity index (χ2v) is 16.2. The highest BCUT2D eigenvalue weighted by Crippen LogP contribution is 2.78. The molecule has 0 radical (unpaired) electrons. The average molecular weight is 485 g/mol. The molecular formula is C32H52O3. The van der Waals surface area contributed by atoms with Crippen LogP contribution in [0.1, 0.15) is 120 Å². The Balaban J connectivity index is 1.35. The Morgan fingerprint density at radius 1 is 0.771 bits per heavy atom. The van der Waals surface area contributed by atoms with Crippen LogP contribution in [0.3, 0.4) is 0 Å². The predicted molar refractivity (Wildman–Crippen MR) is 140 cm³/mol. The molecule has 0 spiro atoms. The molecule has 10 atom stereocenters. The fraction of sp³-hybridized carbons (Fsp3) is 0.969. The number of ether oxygens (including phenoxy) is 2. The van der Waals surface area contributed by atoms with Gasteiger partial charge in [0.1, 0.15) is 6.10 Å². The second-order valence-electron chi connectivity index (χ2n) is 16.2. The molecule has 0 amide bonds. The van der Waals surface area contributed by atoms with Gasteiger partial charge in [0.05, 0.1) is 12.7 Å². The molecule has 6 aliphatic rings. The van der Waals surface area contributed by atoms with Gasteiger partial charge in [0.15, 0.2) is 0 Å². The monoisotopic (exact) mass is 484 g/mol. The lowest BCUT2D eigenvalue weighted by Crippen LogP contribution is -2.67. The molecular weight excluding hydrogens is 432 g/mol. The summed E-state index contributed by atoms with van der Waals surface area (Å²) in [6.07, 6.45) is 13.7. The molecule has 1 saturated heterocycles. The summed E-state index contributed by atoms with van der Waals surface area (Å²) in [5.41, 5.74) is 2.00. The summed E-state index contributed by atoms with van der Waals surface area (Å²) in [4.78, 5) is 11.9. The van der Waals surface area contributed by atoms with E-state index < -0.39 is 0 Å². The van der Waals surface area contributed by atoms with Crippen LogP contribution >= 0.6 is 0 Å². The smallest absolute Gasteiger partial charge is 0.302 e. The number of rotatable bonds is 1. The molecule has 198 valence electrons. The van der Waals surface area contributed by atoms with Crippen molar-refractivity contribution in [2.24, 2.45) is 56.2 Å². The fourth-order valence-corrected chi connectivity index (χ4v) is 12.4. The van der Waals surface area contributed by atoms with Crippen molar-refractivity contribution < 1.29 is 14.3 Å². The summed E-state index contributed by atoms with van der Waals surface area (Å²) < 4.78 is 12.7. The molecule has 35 heavy (non-hydrogen) atoms. The first-order chi connectivity index (χ1) is 16.2. The molecule has 0 aromatic carbocycles. The first kappa shape index (κ1) is 24.7. The van der Waals surface area contributed by atoms with Crippen LogP contribution in [0.2, 0.25) is 0 Å². The largest absolute Gasteiger partial charge is 0.462 e. The van der Waals surface area contributed by atoms with Crippen LogP contribution < -0.4 is 0 Å². The first-order valence-electron chi connectivity index (χ1n) is 15.0. The number of carbonyl (C=O) groups is 1. The highest BCUT2D eigenvalue weighted by molar-refractivity contribution is 5.66. The van der Waals surface area contributed by atoms with E-state index in [2.05, 4.69) is 48.5 Å². The van der Waals surface area contributed by atoms with E-state index in [-0.39, 0.29) is 17.5 Å². The SMILES string of the molecule is CC(=O)O[C@@H]1CC[C@@]2(C)[C@H](CC[C@]3(C)[C@@H]2CC[C@H]2[C@H]4[C@H]5OC[C@@]4(CCC5(C)C)CC[C@]23C)C1(C)C. The maximum atomic E-state index is 11.9. The molecule has 0 unspecified atom stereocenters. The molecule has 5 aliphatic carbocycles. The molecule has 3 nitrogen and oxygen atoms in total. The van der Waals surface area contributed by atoms with Crippen LogP contribution in [0, 0.1) is 56.2 Å². The van der Waals surface area contributed by atoms with E-state index in [4.69, 9.17) is 9.47 Å². The Labute approximate surface area is 214 Å². The van der Waals surface area contributed by atoms with Crippen molar-refractivity contribution in [1.82, 2.24) is 0 Å². The molecule has 3 heteroatoms. The van der Waals surface area contributed by atoms with Crippen molar-refractivity contribution in [3.63, 3.8) is 0 Å². The minimum absolute atomic E-state index is 0.0503. The molecule has 1 heterocycles. The zero-order chi connectivity index (χ0) is 25.2. The van der Waals surface area contributed by atoms with E-state index >= 15 is 0 Å². The quantitative estimate of drug-likeness (QED) is 0.356. The van der Waals surface area contributed by atoms with Crippen LogP contribution in [0.15, 0.2) is 0 Å². The molecule has 1 aliphatic heterocycles. The van der Waals surface area contributed by atoms with Crippen LogP contribution in [0.5, 0.6) is 0 Å². The zero-order valence-corrected chi connectivity index (χ0v) is 24.0. The Kier molecular flexibility index (Phi) is 5.16. The standard InChI is InChI=1S/C32H52O3/c1-20(33)35-24-12-13-29(6)22(28(24,4)5)11-14-31(8)23(29)10-9-21-25-26-27(2,3)15-17-32(25,19-34-26)18-16-30(21,31)7/h21-26H,9-19H2,1-8H3/t21-,22+,23+,24+,25-,26+,29-,30+,31+,32+/m0/s1.